The third-order valence-corrected chi connectivity index (χ3v) is 2.48. The molecule has 0 amide bonds. The minimum Gasteiger partial charge on any atom is -0.353 e. The average molecular weight is 259 g/mol. The van der Waals surface area contributed by atoms with Gasteiger partial charge in [0.2, 0.25) is 17.2 Å². The Bertz CT molecular complexity index is 357. The van der Waals surface area contributed by atoms with Gasteiger partial charge in [-0.15, -0.1) is 0 Å². The standard InChI is InChI=1S/C10H19ClN6/c1-5-17(4)7-6-12-9-13-8(11)14-10(15-9)16(2)3/h5-7H2,1-4H3,(H,12,13,14,15). The van der Waals surface area contributed by atoms with Gasteiger partial charge in [-0.1, -0.05) is 6.92 Å². The van der Waals surface area contributed by atoms with E-state index < -0.39 is 0 Å². The third kappa shape index (κ3) is 4.70. The number of nitrogens with zero attached hydrogens (tertiary/aromatic N) is 5. The molecule has 17 heavy (non-hydrogen) atoms. The van der Waals surface area contributed by atoms with Crippen LogP contribution >= 0.6 is 11.6 Å². The van der Waals surface area contributed by atoms with Crippen molar-refractivity contribution in [3.05, 3.63) is 5.28 Å². The highest BCUT2D eigenvalue weighted by molar-refractivity contribution is 6.28. The summed E-state index contributed by atoms with van der Waals surface area (Å²) in [4.78, 5) is 16.3. The van der Waals surface area contributed by atoms with E-state index in [1.807, 2.05) is 14.1 Å². The molecule has 1 N–H and O–H groups in total. The molecule has 0 radical (unpaired) electrons. The van der Waals surface area contributed by atoms with Crippen LogP contribution in [-0.4, -0.2) is 60.6 Å². The number of nitrogens with one attached hydrogen (secondary N) is 1. The molecule has 0 atom stereocenters. The maximum absolute atomic E-state index is 5.82. The van der Waals surface area contributed by atoms with Crippen LogP contribution in [0.2, 0.25) is 5.28 Å². The Morgan fingerprint density at radius 1 is 1.18 bits per heavy atom. The zero-order valence-electron chi connectivity index (χ0n) is 10.7. The predicted molar refractivity (Wildman–Crippen MR) is 70.8 cm³/mol. The highest BCUT2D eigenvalue weighted by atomic mass is 35.5. The summed E-state index contributed by atoms with van der Waals surface area (Å²) in [6.45, 7) is 4.83. The van der Waals surface area contributed by atoms with Gasteiger partial charge in [-0.3, -0.25) is 0 Å². The van der Waals surface area contributed by atoms with Crippen LogP contribution in [0.4, 0.5) is 11.9 Å². The van der Waals surface area contributed by atoms with Crippen molar-refractivity contribution in [2.24, 2.45) is 0 Å². The van der Waals surface area contributed by atoms with Crippen LogP contribution in [0.15, 0.2) is 0 Å². The van der Waals surface area contributed by atoms with Crippen molar-refractivity contribution in [3.63, 3.8) is 0 Å². The van der Waals surface area contributed by atoms with E-state index in [1.54, 1.807) is 4.90 Å². The van der Waals surface area contributed by atoms with Crippen LogP contribution in [-0.2, 0) is 0 Å². The molecule has 0 unspecified atom stereocenters. The quantitative estimate of drug-likeness (QED) is 0.820. The lowest BCUT2D eigenvalue weighted by Gasteiger charge is -2.15. The maximum atomic E-state index is 5.82. The Balaban J connectivity index is 2.59. The van der Waals surface area contributed by atoms with E-state index in [-0.39, 0.29) is 5.28 Å². The van der Waals surface area contributed by atoms with E-state index in [2.05, 4.69) is 39.1 Å². The topological polar surface area (TPSA) is 57.2 Å². The molecule has 0 aliphatic carbocycles. The Hall–Kier alpha value is -1.14. The number of likely N-dealkylation sites (N-methyl/N-ethyl adjacent to an activating group) is 1. The van der Waals surface area contributed by atoms with Crippen LogP contribution < -0.4 is 10.2 Å². The van der Waals surface area contributed by atoms with Crippen molar-refractivity contribution in [2.45, 2.75) is 6.92 Å². The minimum atomic E-state index is 0.204. The molecule has 0 bridgehead atoms. The summed E-state index contributed by atoms with van der Waals surface area (Å²) in [6.07, 6.45) is 0. The molecular weight excluding hydrogens is 240 g/mol. The summed E-state index contributed by atoms with van der Waals surface area (Å²) in [7, 11) is 5.79. The van der Waals surface area contributed by atoms with Gasteiger partial charge in [0.25, 0.3) is 0 Å². The first-order valence-corrected chi connectivity index (χ1v) is 5.92. The lowest BCUT2D eigenvalue weighted by atomic mass is 10.5. The molecular formula is C10H19ClN6. The number of anilines is 2. The fraction of sp³-hybridized carbons (Fsp3) is 0.700. The summed E-state index contributed by atoms with van der Waals surface area (Å²) < 4.78 is 0. The Morgan fingerprint density at radius 2 is 1.88 bits per heavy atom. The molecule has 0 aliphatic heterocycles. The number of hydrogen-bond acceptors (Lipinski definition) is 6. The van der Waals surface area contributed by atoms with Crippen molar-refractivity contribution >= 4 is 23.5 Å². The summed E-state index contributed by atoms with van der Waals surface area (Å²) in [5.74, 6) is 1.06. The smallest absolute Gasteiger partial charge is 0.230 e. The number of rotatable bonds is 6. The molecule has 1 heterocycles. The van der Waals surface area contributed by atoms with E-state index in [1.165, 1.54) is 0 Å². The van der Waals surface area contributed by atoms with Gasteiger partial charge in [-0.2, -0.15) is 15.0 Å². The van der Waals surface area contributed by atoms with E-state index in [0.717, 1.165) is 19.6 Å². The van der Waals surface area contributed by atoms with Gasteiger partial charge >= 0.3 is 0 Å². The Labute approximate surface area is 107 Å². The van der Waals surface area contributed by atoms with Crippen LogP contribution in [0.1, 0.15) is 6.92 Å². The van der Waals surface area contributed by atoms with Crippen LogP contribution in [0.25, 0.3) is 0 Å². The largest absolute Gasteiger partial charge is 0.353 e. The third-order valence-electron chi connectivity index (χ3n) is 2.31. The highest BCUT2D eigenvalue weighted by Crippen LogP contribution is 2.10. The second-order valence-corrected chi connectivity index (χ2v) is 4.28. The lowest BCUT2D eigenvalue weighted by molar-refractivity contribution is 0.367. The first-order valence-electron chi connectivity index (χ1n) is 5.54. The lowest BCUT2D eigenvalue weighted by Crippen LogP contribution is -2.25. The first kappa shape index (κ1) is 13.9. The fourth-order valence-electron chi connectivity index (χ4n) is 1.14. The number of halogens is 1. The minimum absolute atomic E-state index is 0.204. The molecule has 7 heteroatoms. The van der Waals surface area contributed by atoms with Crippen molar-refractivity contribution < 1.29 is 0 Å². The molecule has 6 nitrogen and oxygen atoms in total. The molecule has 0 aliphatic rings. The summed E-state index contributed by atoms with van der Waals surface area (Å²) in [5.41, 5.74) is 0. The second kappa shape index (κ2) is 6.56. The number of hydrogen-bond donors (Lipinski definition) is 1. The monoisotopic (exact) mass is 258 g/mol. The van der Waals surface area contributed by atoms with E-state index >= 15 is 0 Å². The SMILES string of the molecule is CCN(C)CCNc1nc(Cl)nc(N(C)C)n1. The van der Waals surface area contributed by atoms with Gasteiger partial charge in [-0.25, -0.2) is 0 Å². The zero-order chi connectivity index (χ0) is 12.8. The number of aromatic nitrogens is 3. The predicted octanol–water partition coefficient (Wildman–Crippen LogP) is 0.955. The van der Waals surface area contributed by atoms with E-state index in [9.17, 15) is 0 Å². The first-order chi connectivity index (χ1) is 8.02. The molecule has 0 fully saturated rings. The van der Waals surface area contributed by atoms with Gasteiger partial charge < -0.3 is 15.1 Å². The van der Waals surface area contributed by atoms with E-state index in [0.29, 0.717) is 11.9 Å². The van der Waals surface area contributed by atoms with Crippen LogP contribution in [0.3, 0.4) is 0 Å². The molecule has 0 saturated heterocycles. The summed E-state index contributed by atoms with van der Waals surface area (Å²) >= 11 is 5.82. The summed E-state index contributed by atoms with van der Waals surface area (Å²) in [5, 5.41) is 3.33. The van der Waals surface area contributed by atoms with Crippen molar-refractivity contribution in [3.8, 4) is 0 Å². The molecule has 1 aromatic rings. The van der Waals surface area contributed by atoms with Crippen LogP contribution in [0, 0.1) is 0 Å². The molecule has 1 rings (SSSR count). The van der Waals surface area contributed by atoms with Crippen molar-refractivity contribution in [2.75, 3.05) is 51.0 Å². The van der Waals surface area contributed by atoms with Crippen LogP contribution in [0.5, 0.6) is 0 Å². The van der Waals surface area contributed by atoms with Gasteiger partial charge in [0.1, 0.15) is 0 Å². The second-order valence-electron chi connectivity index (χ2n) is 3.95. The zero-order valence-corrected chi connectivity index (χ0v) is 11.5. The molecule has 0 aromatic carbocycles. The Morgan fingerprint density at radius 3 is 2.47 bits per heavy atom. The fourth-order valence-corrected chi connectivity index (χ4v) is 1.29. The van der Waals surface area contributed by atoms with Gasteiger partial charge in [-0.05, 0) is 25.2 Å². The summed E-state index contributed by atoms with van der Waals surface area (Å²) in [6, 6.07) is 0. The molecule has 0 saturated carbocycles. The van der Waals surface area contributed by atoms with Gasteiger partial charge in [0.05, 0.1) is 0 Å². The molecule has 96 valence electrons. The Kier molecular flexibility index (Phi) is 5.37. The highest BCUT2D eigenvalue weighted by Gasteiger charge is 2.06. The maximum Gasteiger partial charge on any atom is 0.230 e. The van der Waals surface area contributed by atoms with Gasteiger partial charge in [0, 0.05) is 27.2 Å². The normalized spacial score (nSPS) is 10.7. The van der Waals surface area contributed by atoms with E-state index in [4.69, 9.17) is 11.6 Å². The average Bonchev–Trinajstić information content (AvgIpc) is 2.28. The van der Waals surface area contributed by atoms with Crippen molar-refractivity contribution in [1.82, 2.24) is 19.9 Å². The molecule has 1 aromatic heterocycles. The van der Waals surface area contributed by atoms with Gasteiger partial charge in [0.15, 0.2) is 0 Å². The van der Waals surface area contributed by atoms with Crippen molar-refractivity contribution in [1.29, 1.82) is 0 Å². The molecule has 0 spiro atoms.